The van der Waals surface area contributed by atoms with E-state index in [0.29, 0.717) is 17.6 Å². The fraction of sp³-hybridized carbons (Fsp3) is 0.364. The van der Waals surface area contributed by atoms with E-state index in [2.05, 4.69) is 12.2 Å². The minimum atomic E-state index is -0.244. The molecule has 2 aromatic rings. The van der Waals surface area contributed by atoms with Crippen LogP contribution in [0.2, 0.25) is 0 Å². The lowest BCUT2D eigenvalue weighted by atomic mass is 10.1. The summed E-state index contributed by atoms with van der Waals surface area (Å²) in [6.07, 6.45) is 5.08. The molecule has 1 aromatic heterocycles. The molecule has 2 atom stereocenters. The lowest BCUT2D eigenvalue weighted by molar-refractivity contribution is -0.129. The van der Waals surface area contributed by atoms with Gasteiger partial charge in [0.25, 0.3) is 0 Å². The van der Waals surface area contributed by atoms with Crippen LogP contribution >= 0.6 is 0 Å². The summed E-state index contributed by atoms with van der Waals surface area (Å²) in [5.74, 6) is 2.37. The van der Waals surface area contributed by atoms with Crippen LogP contribution in [0.5, 0.6) is 0 Å². The second-order valence-electron chi connectivity index (χ2n) is 7.15. The van der Waals surface area contributed by atoms with Crippen LogP contribution in [0, 0.1) is 5.92 Å². The van der Waals surface area contributed by atoms with Crippen LogP contribution in [-0.4, -0.2) is 30.3 Å². The fourth-order valence-electron chi connectivity index (χ4n) is 3.09. The molecule has 0 bridgehead atoms. The Balaban J connectivity index is 1.52. The Morgan fingerprint density at radius 3 is 2.70 bits per heavy atom. The van der Waals surface area contributed by atoms with Gasteiger partial charge in [0.05, 0.1) is 6.54 Å². The molecule has 0 spiro atoms. The average Bonchev–Trinajstić information content (AvgIpc) is 3.20. The molecule has 0 aliphatic heterocycles. The summed E-state index contributed by atoms with van der Waals surface area (Å²) in [7, 11) is 1.61. The first-order valence-corrected chi connectivity index (χ1v) is 9.38. The molecule has 1 fully saturated rings. The summed E-state index contributed by atoms with van der Waals surface area (Å²) in [6, 6.07) is 11.5. The maximum Gasteiger partial charge on any atom is 0.246 e. The van der Waals surface area contributed by atoms with Crippen molar-refractivity contribution in [1.82, 2.24) is 4.90 Å². The Labute approximate surface area is 160 Å². The summed E-state index contributed by atoms with van der Waals surface area (Å²) < 4.78 is 5.76. The van der Waals surface area contributed by atoms with Crippen LogP contribution in [-0.2, 0) is 16.0 Å². The monoisotopic (exact) mass is 366 g/mol. The number of likely N-dealkylation sites (N-methyl/N-ethyl adjacent to an activating group) is 1. The molecule has 3 rings (SSSR count). The van der Waals surface area contributed by atoms with Crippen LogP contribution in [0.25, 0.3) is 6.08 Å². The summed E-state index contributed by atoms with van der Waals surface area (Å²) in [4.78, 5) is 25.9. The summed E-state index contributed by atoms with van der Waals surface area (Å²) >= 11 is 0. The quantitative estimate of drug-likeness (QED) is 0.751. The molecule has 1 aliphatic rings. The highest BCUT2D eigenvalue weighted by molar-refractivity contribution is 5.98. The van der Waals surface area contributed by atoms with Gasteiger partial charge in [-0.05, 0) is 48.6 Å². The van der Waals surface area contributed by atoms with Gasteiger partial charge in [-0.2, -0.15) is 0 Å². The molecule has 1 aliphatic carbocycles. The SMILES string of the molecule is CCc1ccccc1NC(=O)CN(C)C(=O)/C=C/c1ccc(C2CC2C)o1. The van der Waals surface area contributed by atoms with Gasteiger partial charge in [0.2, 0.25) is 11.8 Å². The number of nitrogens with one attached hydrogen (secondary N) is 1. The van der Waals surface area contributed by atoms with Gasteiger partial charge < -0.3 is 14.6 Å². The third-order valence-corrected chi connectivity index (χ3v) is 4.94. The first-order chi connectivity index (χ1) is 13.0. The van der Waals surface area contributed by atoms with Crippen molar-refractivity contribution in [3.8, 4) is 0 Å². The van der Waals surface area contributed by atoms with E-state index in [4.69, 9.17) is 4.42 Å². The normalized spacial score (nSPS) is 18.5. The van der Waals surface area contributed by atoms with Crippen molar-refractivity contribution in [2.75, 3.05) is 18.9 Å². The molecule has 5 heteroatoms. The number of anilines is 1. The predicted octanol–water partition coefficient (Wildman–Crippen LogP) is 4.08. The van der Waals surface area contributed by atoms with E-state index in [1.54, 1.807) is 13.1 Å². The number of amides is 2. The number of rotatable bonds is 7. The number of carbonyl (C=O) groups is 2. The number of para-hydroxylation sites is 1. The number of hydrogen-bond acceptors (Lipinski definition) is 3. The second kappa shape index (κ2) is 8.25. The van der Waals surface area contributed by atoms with E-state index in [9.17, 15) is 9.59 Å². The Morgan fingerprint density at radius 1 is 1.26 bits per heavy atom. The smallest absolute Gasteiger partial charge is 0.246 e. The number of hydrogen-bond donors (Lipinski definition) is 1. The average molecular weight is 366 g/mol. The molecule has 1 N–H and O–H groups in total. The van der Waals surface area contributed by atoms with E-state index in [0.717, 1.165) is 29.9 Å². The number of carbonyl (C=O) groups excluding carboxylic acids is 2. The lowest BCUT2D eigenvalue weighted by Gasteiger charge is -2.16. The molecule has 1 heterocycles. The van der Waals surface area contributed by atoms with Crippen LogP contribution in [0.4, 0.5) is 5.69 Å². The summed E-state index contributed by atoms with van der Waals surface area (Å²) in [6.45, 7) is 4.23. The van der Waals surface area contributed by atoms with Gasteiger partial charge in [0, 0.05) is 24.7 Å². The highest BCUT2D eigenvalue weighted by atomic mass is 16.3. The molecule has 1 aromatic carbocycles. The standard InChI is InChI=1S/C22H26N2O3/c1-4-16-7-5-6-8-19(16)23-21(25)14-24(3)22(26)12-10-17-9-11-20(27-17)18-13-15(18)2/h5-12,15,18H,4,13-14H2,1-3H3,(H,23,25)/b12-10+. The van der Waals surface area contributed by atoms with Crippen molar-refractivity contribution in [2.24, 2.45) is 5.92 Å². The Hall–Kier alpha value is -2.82. The zero-order valence-electron chi connectivity index (χ0n) is 16.1. The first-order valence-electron chi connectivity index (χ1n) is 9.38. The third-order valence-electron chi connectivity index (χ3n) is 4.94. The van der Waals surface area contributed by atoms with E-state index in [-0.39, 0.29) is 18.4 Å². The lowest BCUT2D eigenvalue weighted by Crippen LogP contribution is -2.34. The largest absolute Gasteiger partial charge is 0.461 e. The first kappa shape index (κ1) is 19.0. The molecule has 5 nitrogen and oxygen atoms in total. The zero-order valence-corrected chi connectivity index (χ0v) is 16.1. The highest BCUT2D eigenvalue weighted by Crippen LogP contribution is 2.47. The van der Waals surface area contributed by atoms with Gasteiger partial charge in [0.15, 0.2) is 0 Å². The molecule has 1 saturated carbocycles. The molecule has 0 saturated heterocycles. The molecular weight excluding hydrogens is 340 g/mol. The van der Waals surface area contributed by atoms with Gasteiger partial charge in [-0.25, -0.2) is 0 Å². The Morgan fingerprint density at radius 2 is 2.00 bits per heavy atom. The van der Waals surface area contributed by atoms with Crippen LogP contribution in [0.1, 0.15) is 43.3 Å². The minimum Gasteiger partial charge on any atom is -0.461 e. The number of benzene rings is 1. The molecular formula is C22H26N2O3. The Kier molecular flexibility index (Phi) is 5.79. The molecule has 0 radical (unpaired) electrons. The van der Waals surface area contributed by atoms with E-state index in [1.165, 1.54) is 11.0 Å². The highest BCUT2D eigenvalue weighted by Gasteiger charge is 2.36. The van der Waals surface area contributed by atoms with Crippen molar-refractivity contribution in [3.05, 3.63) is 59.6 Å². The molecule has 2 amide bonds. The summed E-state index contributed by atoms with van der Waals surface area (Å²) in [5.41, 5.74) is 1.86. The molecule has 142 valence electrons. The van der Waals surface area contributed by atoms with Gasteiger partial charge in [-0.15, -0.1) is 0 Å². The Bertz CT molecular complexity index is 853. The number of nitrogens with zero attached hydrogens (tertiary/aromatic N) is 1. The van der Waals surface area contributed by atoms with Crippen molar-refractivity contribution in [3.63, 3.8) is 0 Å². The predicted molar refractivity (Wildman–Crippen MR) is 106 cm³/mol. The van der Waals surface area contributed by atoms with Crippen LogP contribution < -0.4 is 5.32 Å². The maximum absolute atomic E-state index is 12.2. The number of furan rings is 1. The van der Waals surface area contributed by atoms with Crippen molar-refractivity contribution >= 4 is 23.6 Å². The topological polar surface area (TPSA) is 62.6 Å². The summed E-state index contributed by atoms with van der Waals surface area (Å²) in [5, 5.41) is 2.87. The number of aryl methyl sites for hydroxylation is 1. The van der Waals surface area contributed by atoms with Gasteiger partial charge in [0.1, 0.15) is 11.5 Å². The van der Waals surface area contributed by atoms with E-state index < -0.39 is 0 Å². The zero-order chi connectivity index (χ0) is 19.4. The van der Waals surface area contributed by atoms with Gasteiger partial charge in [-0.3, -0.25) is 9.59 Å². The van der Waals surface area contributed by atoms with Crippen molar-refractivity contribution in [1.29, 1.82) is 0 Å². The fourth-order valence-corrected chi connectivity index (χ4v) is 3.09. The van der Waals surface area contributed by atoms with Gasteiger partial charge in [-0.1, -0.05) is 32.0 Å². The molecule has 2 unspecified atom stereocenters. The van der Waals surface area contributed by atoms with Crippen LogP contribution in [0.15, 0.2) is 46.9 Å². The third kappa shape index (κ3) is 4.88. The van der Waals surface area contributed by atoms with Crippen molar-refractivity contribution < 1.29 is 14.0 Å². The molecule has 27 heavy (non-hydrogen) atoms. The van der Waals surface area contributed by atoms with Gasteiger partial charge >= 0.3 is 0 Å². The van der Waals surface area contributed by atoms with Crippen LogP contribution in [0.3, 0.4) is 0 Å². The van der Waals surface area contributed by atoms with Crippen molar-refractivity contribution in [2.45, 2.75) is 32.6 Å². The minimum absolute atomic E-state index is 0.00971. The van der Waals surface area contributed by atoms with E-state index >= 15 is 0 Å². The second-order valence-corrected chi connectivity index (χ2v) is 7.15. The van der Waals surface area contributed by atoms with E-state index in [1.807, 2.05) is 43.3 Å². The maximum atomic E-state index is 12.2.